The number of hydrogen-bond acceptors (Lipinski definition) is 2. The highest BCUT2D eigenvalue weighted by atomic mass is 15.2. The molecule has 15 heavy (non-hydrogen) atoms. The van der Waals surface area contributed by atoms with Gasteiger partial charge in [0.1, 0.15) is 0 Å². The summed E-state index contributed by atoms with van der Waals surface area (Å²) in [5.74, 6) is 0. The molecule has 3 saturated heterocycles. The number of nitrogens with one attached hydrogen (secondary N) is 1. The number of hydrogen-bond donors (Lipinski definition) is 1. The first-order valence-corrected chi connectivity index (χ1v) is 6.92. The lowest BCUT2D eigenvalue weighted by molar-refractivity contribution is 0.0702. The van der Waals surface area contributed by atoms with Crippen molar-refractivity contribution in [3.8, 4) is 0 Å². The molecule has 2 atom stereocenters. The smallest absolute Gasteiger partial charge is 0.0195 e. The highest BCUT2D eigenvalue weighted by molar-refractivity contribution is 4.93. The van der Waals surface area contributed by atoms with Crippen molar-refractivity contribution in [3.63, 3.8) is 0 Å². The van der Waals surface area contributed by atoms with Crippen LogP contribution in [0.5, 0.6) is 0 Å². The van der Waals surface area contributed by atoms with Crippen LogP contribution in [0.25, 0.3) is 0 Å². The SMILES string of the molecule is C1CCC(N2CC3CCC2CCN3)CC1. The van der Waals surface area contributed by atoms with Crippen LogP contribution in [0.15, 0.2) is 0 Å². The predicted molar refractivity (Wildman–Crippen MR) is 63.0 cm³/mol. The van der Waals surface area contributed by atoms with Crippen LogP contribution >= 0.6 is 0 Å². The lowest BCUT2D eigenvalue weighted by Gasteiger charge is -2.43. The quantitative estimate of drug-likeness (QED) is 0.710. The molecule has 1 N–H and O–H groups in total. The Hall–Kier alpha value is -0.0800. The summed E-state index contributed by atoms with van der Waals surface area (Å²) in [6.45, 7) is 2.61. The Kier molecular flexibility index (Phi) is 2.98. The van der Waals surface area contributed by atoms with E-state index in [1.165, 1.54) is 64.5 Å². The number of nitrogens with zero attached hydrogens (tertiary/aromatic N) is 1. The van der Waals surface area contributed by atoms with Gasteiger partial charge in [0.25, 0.3) is 0 Å². The average Bonchev–Trinajstić information content (AvgIpc) is 2.65. The van der Waals surface area contributed by atoms with Gasteiger partial charge in [-0.3, -0.25) is 4.90 Å². The molecule has 0 aromatic carbocycles. The van der Waals surface area contributed by atoms with Crippen LogP contribution < -0.4 is 5.32 Å². The van der Waals surface area contributed by atoms with Crippen molar-refractivity contribution in [3.05, 3.63) is 0 Å². The fourth-order valence-corrected chi connectivity index (χ4v) is 3.84. The first-order chi connectivity index (χ1) is 7.43. The Balaban J connectivity index is 1.68. The van der Waals surface area contributed by atoms with Gasteiger partial charge in [-0.2, -0.15) is 0 Å². The Morgan fingerprint density at radius 2 is 1.60 bits per heavy atom. The third-order valence-electron chi connectivity index (χ3n) is 4.70. The maximum atomic E-state index is 3.70. The van der Waals surface area contributed by atoms with Crippen LogP contribution in [-0.2, 0) is 0 Å². The zero-order chi connectivity index (χ0) is 10.1. The van der Waals surface area contributed by atoms with Gasteiger partial charge >= 0.3 is 0 Å². The summed E-state index contributed by atoms with van der Waals surface area (Å²) in [5, 5.41) is 3.70. The second kappa shape index (κ2) is 4.42. The minimum absolute atomic E-state index is 0.811. The summed E-state index contributed by atoms with van der Waals surface area (Å²) < 4.78 is 0. The van der Waals surface area contributed by atoms with E-state index < -0.39 is 0 Å². The highest BCUT2D eigenvalue weighted by Gasteiger charge is 2.35. The van der Waals surface area contributed by atoms with Gasteiger partial charge in [0.05, 0.1) is 0 Å². The monoisotopic (exact) mass is 208 g/mol. The minimum Gasteiger partial charge on any atom is -0.313 e. The van der Waals surface area contributed by atoms with Crippen LogP contribution in [0.1, 0.15) is 51.4 Å². The zero-order valence-electron chi connectivity index (χ0n) is 9.75. The van der Waals surface area contributed by atoms with E-state index in [9.17, 15) is 0 Å². The summed E-state index contributed by atoms with van der Waals surface area (Å²) in [6, 6.07) is 2.66. The van der Waals surface area contributed by atoms with Crippen LogP contribution in [-0.4, -0.2) is 36.1 Å². The first kappa shape index (κ1) is 10.1. The third-order valence-corrected chi connectivity index (χ3v) is 4.70. The van der Waals surface area contributed by atoms with Crippen molar-refractivity contribution >= 4 is 0 Å². The van der Waals surface area contributed by atoms with E-state index in [1.54, 1.807) is 0 Å². The predicted octanol–water partition coefficient (Wildman–Crippen LogP) is 2.15. The molecule has 1 aliphatic carbocycles. The second-order valence-corrected chi connectivity index (χ2v) is 5.66. The Bertz CT molecular complexity index is 207. The van der Waals surface area contributed by atoms with Gasteiger partial charge in [0.2, 0.25) is 0 Å². The molecule has 0 amide bonds. The van der Waals surface area contributed by atoms with E-state index in [2.05, 4.69) is 10.2 Å². The third kappa shape index (κ3) is 2.07. The highest BCUT2D eigenvalue weighted by Crippen LogP contribution is 2.31. The first-order valence-electron chi connectivity index (χ1n) is 6.92. The summed E-state index contributed by atoms with van der Waals surface area (Å²) in [6.07, 6.45) is 11.7. The minimum atomic E-state index is 0.811. The lowest BCUT2D eigenvalue weighted by atomic mass is 9.89. The summed E-state index contributed by atoms with van der Waals surface area (Å²) in [7, 11) is 0. The Morgan fingerprint density at radius 3 is 2.47 bits per heavy atom. The molecule has 3 heterocycles. The maximum absolute atomic E-state index is 3.70. The van der Waals surface area contributed by atoms with E-state index in [-0.39, 0.29) is 0 Å². The fraction of sp³-hybridized carbons (Fsp3) is 1.00. The maximum Gasteiger partial charge on any atom is 0.0195 e. The number of rotatable bonds is 1. The van der Waals surface area contributed by atoms with Crippen molar-refractivity contribution in [2.24, 2.45) is 0 Å². The van der Waals surface area contributed by atoms with Crippen molar-refractivity contribution in [1.29, 1.82) is 0 Å². The molecule has 1 saturated carbocycles. The molecule has 86 valence electrons. The van der Waals surface area contributed by atoms with Crippen molar-refractivity contribution in [1.82, 2.24) is 10.2 Å². The summed E-state index contributed by atoms with van der Waals surface area (Å²) in [4.78, 5) is 2.87. The Labute approximate surface area is 93.4 Å². The molecule has 0 spiro atoms. The molecule has 2 bridgehead atoms. The molecule has 2 unspecified atom stereocenters. The molecular formula is C13H24N2. The fourth-order valence-electron chi connectivity index (χ4n) is 3.84. The van der Waals surface area contributed by atoms with E-state index in [1.807, 2.05) is 0 Å². The normalized spacial score (nSPS) is 39.2. The van der Waals surface area contributed by atoms with Gasteiger partial charge in [0.15, 0.2) is 0 Å². The average molecular weight is 208 g/mol. The van der Waals surface area contributed by atoms with Crippen LogP contribution in [0, 0.1) is 0 Å². The molecule has 0 radical (unpaired) electrons. The van der Waals surface area contributed by atoms with E-state index >= 15 is 0 Å². The van der Waals surface area contributed by atoms with Crippen LogP contribution in [0.3, 0.4) is 0 Å². The van der Waals surface area contributed by atoms with E-state index in [0.29, 0.717) is 0 Å². The van der Waals surface area contributed by atoms with Gasteiger partial charge in [-0.1, -0.05) is 19.3 Å². The molecule has 2 nitrogen and oxygen atoms in total. The summed E-state index contributed by atoms with van der Waals surface area (Å²) in [5.41, 5.74) is 0. The largest absolute Gasteiger partial charge is 0.313 e. The molecule has 0 aromatic heterocycles. The zero-order valence-corrected chi connectivity index (χ0v) is 9.75. The molecule has 4 rings (SSSR count). The van der Waals surface area contributed by atoms with Crippen LogP contribution in [0.4, 0.5) is 0 Å². The number of fused-ring (bicyclic) bond motifs is 4. The summed E-state index contributed by atoms with van der Waals surface area (Å²) >= 11 is 0. The number of piperidine rings is 1. The van der Waals surface area contributed by atoms with Gasteiger partial charge in [-0.15, -0.1) is 0 Å². The van der Waals surface area contributed by atoms with Gasteiger partial charge in [-0.05, 0) is 38.6 Å². The van der Waals surface area contributed by atoms with Crippen molar-refractivity contribution < 1.29 is 0 Å². The molecule has 0 aromatic rings. The Morgan fingerprint density at radius 1 is 0.800 bits per heavy atom. The molecule has 4 aliphatic rings. The topological polar surface area (TPSA) is 15.3 Å². The van der Waals surface area contributed by atoms with Crippen molar-refractivity contribution in [2.45, 2.75) is 69.5 Å². The van der Waals surface area contributed by atoms with Crippen LogP contribution in [0.2, 0.25) is 0 Å². The van der Waals surface area contributed by atoms with Gasteiger partial charge in [0, 0.05) is 24.7 Å². The van der Waals surface area contributed by atoms with E-state index in [4.69, 9.17) is 0 Å². The van der Waals surface area contributed by atoms with Gasteiger partial charge in [-0.25, -0.2) is 0 Å². The second-order valence-electron chi connectivity index (χ2n) is 5.66. The van der Waals surface area contributed by atoms with E-state index in [0.717, 1.165) is 18.1 Å². The molecule has 3 aliphatic heterocycles. The standard InChI is InChI=1S/C13H24N2/c1-2-4-12(5-3-1)15-10-11-6-7-13(15)8-9-14-11/h11-14H,1-10H2. The molecule has 2 heteroatoms. The lowest BCUT2D eigenvalue weighted by Crippen LogP contribution is -2.51. The molecule has 4 fully saturated rings. The van der Waals surface area contributed by atoms with Gasteiger partial charge < -0.3 is 5.32 Å². The van der Waals surface area contributed by atoms with Crippen molar-refractivity contribution in [2.75, 3.05) is 13.1 Å². The molecular weight excluding hydrogens is 184 g/mol.